The highest BCUT2D eigenvalue weighted by atomic mass is 35.5. The molecule has 23 heavy (non-hydrogen) atoms. The van der Waals surface area contributed by atoms with Crippen molar-refractivity contribution in [1.82, 2.24) is 4.98 Å². The summed E-state index contributed by atoms with van der Waals surface area (Å²) >= 11 is 0. The molecule has 0 aliphatic carbocycles. The van der Waals surface area contributed by atoms with Crippen LogP contribution in [0.4, 0.5) is 4.39 Å². The fourth-order valence-electron chi connectivity index (χ4n) is 2.33. The zero-order chi connectivity index (χ0) is 15.5. The number of benzene rings is 2. The summed E-state index contributed by atoms with van der Waals surface area (Å²) in [6, 6.07) is 14.0. The van der Waals surface area contributed by atoms with Crippen molar-refractivity contribution in [3.8, 4) is 5.75 Å². The van der Waals surface area contributed by atoms with Crippen LogP contribution in [0, 0.1) is 5.82 Å². The summed E-state index contributed by atoms with van der Waals surface area (Å²) in [5.41, 5.74) is 8.48. The second-order valence-corrected chi connectivity index (χ2v) is 4.93. The maximum atomic E-state index is 13.2. The van der Waals surface area contributed by atoms with Gasteiger partial charge in [-0.2, -0.15) is 0 Å². The second-order valence-electron chi connectivity index (χ2n) is 4.93. The van der Waals surface area contributed by atoms with E-state index in [-0.39, 0.29) is 18.2 Å². The van der Waals surface area contributed by atoms with Crippen molar-refractivity contribution in [3.05, 3.63) is 65.6 Å². The molecular weight excluding hydrogens is 317 g/mol. The maximum absolute atomic E-state index is 13.2. The van der Waals surface area contributed by atoms with Gasteiger partial charge in [-0.1, -0.05) is 18.2 Å². The molecule has 0 atom stereocenters. The lowest BCUT2D eigenvalue weighted by molar-refractivity contribution is 0.410. The monoisotopic (exact) mass is 333 g/mol. The molecule has 1 heterocycles. The largest absolute Gasteiger partial charge is 0.496 e. The Kier molecular flexibility index (Phi) is 5.24. The molecule has 0 radical (unpaired) electrons. The number of aliphatic imine (C=N–C) groups is 1. The number of nitrogens with zero attached hydrogens (tertiary/aromatic N) is 1. The summed E-state index contributed by atoms with van der Waals surface area (Å²) in [6.07, 6.45) is 0. The molecule has 0 aliphatic rings. The minimum atomic E-state index is -0.275. The van der Waals surface area contributed by atoms with Gasteiger partial charge in [-0.25, -0.2) is 4.39 Å². The van der Waals surface area contributed by atoms with Gasteiger partial charge in [0.25, 0.3) is 0 Å². The number of aromatic nitrogens is 1. The highest BCUT2D eigenvalue weighted by molar-refractivity contribution is 6.00. The van der Waals surface area contributed by atoms with E-state index >= 15 is 0 Å². The number of hydrogen-bond donors (Lipinski definition) is 2. The predicted molar refractivity (Wildman–Crippen MR) is 92.9 cm³/mol. The lowest BCUT2D eigenvalue weighted by atomic mass is 10.2. The number of nitrogens with two attached hydrogens (primary N) is 1. The van der Waals surface area contributed by atoms with Crippen LogP contribution in [0.15, 0.2) is 53.5 Å². The Morgan fingerprint density at radius 2 is 2.00 bits per heavy atom. The van der Waals surface area contributed by atoms with E-state index in [9.17, 15) is 4.39 Å². The number of para-hydroxylation sites is 1. The van der Waals surface area contributed by atoms with Gasteiger partial charge < -0.3 is 15.5 Å². The maximum Gasteiger partial charge on any atom is 0.142 e. The summed E-state index contributed by atoms with van der Waals surface area (Å²) in [5.74, 6) is 0.878. The lowest BCUT2D eigenvalue weighted by Crippen LogP contribution is -2.14. The van der Waals surface area contributed by atoms with E-state index in [1.54, 1.807) is 19.2 Å². The van der Waals surface area contributed by atoms with Crippen molar-refractivity contribution in [2.45, 2.75) is 6.54 Å². The Morgan fingerprint density at radius 1 is 1.22 bits per heavy atom. The number of hydrogen-bond acceptors (Lipinski definition) is 2. The number of halogens is 2. The number of aromatic amines is 1. The molecule has 0 aliphatic heterocycles. The van der Waals surface area contributed by atoms with Crippen LogP contribution in [0.1, 0.15) is 11.3 Å². The zero-order valence-corrected chi connectivity index (χ0v) is 13.4. The van der Waals surface area contributed by atoms with Gasteiger partial charge in [0.1, 0.15) is 17.4 Å². The van der Waals surface area contributed by atoms with Gasteiger partial charge in [-0.05, 0) is 30.3 Å². The van der Waals surface area contributed by atoms with Gasteiger partial charge in [-0.3, -0.25) is 4.99 Å². The Bertz CT molecular complexity index is 845. The van der Waals surface area contributed by atoms with Crippen molar-refractivity contribution in [2.24, 2.45) is 10.7 Å². The van der Waals surface area contributed by atoms with Gasteiger partial charge in [0, 0.05) is 16.5 Å². The summed E-state index contributed by atoms with van der Waals surface area (Å²) in [5, 5.41) is 0.769. The standard InChI is InChI=1S/C17H16FN3O.ClH/c1-22-16-5-3-2-4-11(16)10-20-17(19)15-9-12-8-13(18)6-7-14(12)21-15;/h2-9,21H,10H2,1H3,(H2,19,20);1H. The van der Waals surface area contributed by atoms with Crippen LogP contribution in [-0.2, 0) is 6.54 Å². The van der Waals surface area contributed by atoms with Crippen LogP contribution >= 0.6 is 12.4 Å². The number of methoxy groups -OCH3 is 1. The molecule has 0 fully saturated rings. The zero-order valence-electron chi connectivity index (χ0n) is 12.5. The van der Waals surface area contributed by atoms with Crippen LogP contribution in [0.2, 0.25) is 0 Å². The van der Waals surface area contributed by atoms with E-state index in [2.05, 4.69) is 9.98 Å². The SMILES string of the molecule is COc1ccccc1CN=C(N)c1cc2cc(F)ccc2[nH]1.Cl. The van der Waals surface area contributed by atoms with Crippen LogP contribution in [0.3, 0.4) is 0 Å². The fraction of sp³-hybridized carbons (Fsp3) is 0.118. The number of amidine groups is 1. The molecule has 0 saturated carbocycles. The van der Waals surface area contributed by atoms with Crippen molar-refractivity contribution in [2.75, 3.05) is 7.11 Å². The summed E-state index contributed by atoms with van der Waals surface area (Å²) in [4.78, 5) is 7.51. The molecule has 0 bridgehead atoms. The van der Waals surface area contributed by atoms with Crippen LogP contribution in [0.5, 0.6) is 5.75 Å². The van der Waals surface area contributed by atoms with Crippen molar-refractivity contribution in [3.63, 3.8) is 0 Å². The normalized spacial score (nSPS) is 11.3. The molecule has 1 aromatic heterocycles. The summed E-state index contributed by atoms with van der Waals surface area (Å²) in [7, 11) is 1.62. The van der Waals surface area contributed by atoms with E-state index in [0.717, 1.165) is 22.2 Å². The summed E-state index contributed by atoms with van der Waals surface area (Å²) in [6.45, 7) is 0.416. The third kappa shape index (κ3) is 3.63. The first-order valence-corrected chi connectivity index (χ1v) is 6.88. The third-order valence-corrected chi connectivity index (χ3v) is 3.47. The van der Waals surface area contributed by atoms with Crippen molar-refractivity contribution >= 4 is 29.1 Å². The average molecular weight is 334 g/mol. The Labute approximate surface area is 139 Å². The van der Waals surface area contributed by atoms with Crippen LogP contribution in [0.25, 0.3) is 10.9 Å². The lowest BCUT2D eigenvalue weighted by Gasteiger charge is -2.05. The fourth-order valence-corrected chi connectivity index (χ4v) is 2.33. The average Bonchev–Trinajstić information content (AvgIpc) is 2.96. The molecule has 4 nitrogen and oxygen atoms in total. The molecule has 3 rings (SSSR count). The molecule has 120 valence electrons. The number of rotatable bonds is 4. The van der Waals surface area contributed by atoms with E-state index in [0.29, 0.717) is 18.1 Å². The number of ether oxygens (including phenoxy) is 1. The quantitative estimate of drug-likeness (QED) is 0.565. The van der Waals surface area contributed by atoms with E-state index < -0.39 is 0 Å². The van der Waals surface area contributed by atoms with E-state index in [1.807, 2.05) is 24.3 Å². The Balaban J connectivity index is 0.00000192. The van der Waals surface area contributed by atoms with Crippen molar-refractivity contribution < 1.29 is 9.13 Å². The number of fused-ring (bicyclic) bond motifs is 1. The van der Waals surface area contributed by atoms with Gasteiger partial charge in [0.2, 0.25) is 0 Å². The van der Waals surface area contributed by atoms with Gasteiger partial charge >= 0.3 is 0 Å². The summed E-state index contributed by atoms with van der Waals surface area (Å²) < 4.78 is 18.5. The molecule has 0 saturated heterocycles. The predicted octanol–water partition coefficient (Wildman–Crippen LogP) is 3.64. The highest BCUT2D eigenvalue weighted by Crippen LogP contribution is 2.19. The Hall–Kier alpha value is -2.53. The number of H-pyrrole nitrogens is 1. The van der Waals surface area contributed by atoms with Gasteiger partial charge in [0.15, 0.2) is 0 Å². The Morgan fingerprint density at radius 3 is 2.78 bits per heavy atom. The number of nitrogens with one attached hydrogen (secondary N) is 1. The van der Waals surface area contributed by atoms with Crippen molar-refractivity contribution in [1.29, 1.82) is 0 Å². The van der Waals surface area contributed by atoms with Crippen LogP contribution in [-0.4, -0.2) is 17.9 Å². The first-order valence-electron chi connectivity index (χ1n) is 6.88. The first kappa shape index (κ1) is 16.8. The molecule has 2 aromatic carbocycles. The second kappa shape index (κ2) is 7.15. The third-order valence-electron chi connectivity index (χ3n) is 3.47. The molecule has 0 amide bonds. The van der Waals surface area contributed by atoms with E-state index in [4.69, 9.17) is 10.5 Å². The topological polar surface area (TPSA) is 63.4 Å². The molecule has 3 N–H and O–H groups in total. The first-order chi connectivity index (χ1) is 10.7. The highest BCUT2D eigenvalue weighted by Gasteiger charge is 2.06. The minimum absolute atomic E-state index is 0. The van der Waals surface area contributed by atoms with Gasteiger partial charge in [0.05, 0.1) is 19.3 Å². The smallest absolute Gasteiger partial charge is 0.142 e. The molecule has 0 unspecified atom stereocenters. The molecule has 0 spiro atoms. The molecular formula is C17H17ClFN3O. The molecule has 3 aromatic rings. The van der Waals surface area contributed by atoms with E-state index in [1.165, 1.54) is 12.1 Å². The van der Waals surface area contributed by atoms with Gasteiger partial charge in [-0.15, -0.1) is 12.4 Å². The molecule has 6 heteroatoms. The minimum Gasteiger partial charge on any atom is -0.496 e. The van der Waals surface area contributed by atoms with Crippen LogP contribution < -0.4 is 10.5 Å².